The summed E-state index contributed by atoms with van der Waals surface area (Å²) in [5, 5.41) is 0. The Morgan fingerprint density at radius 1 is 1.30 bits per heavy atom. The first-order valence-electron chi connectivity index (χ1n) is 5.98. The molecule has 20 heavy (non-hydrogen) atoms. The smallest absolute Gasteiger partial charge is 0.406 e. The Bertz CT molecular complexity index is 848. The average molecular weight is 269 g/mol. The molecule has 1 aromatic carbocycles. The average Bonchev–Trinajstić information content (AvgIpc) is 2.76. The fourth-order valence-corrected chi connectivity index (χ4v) is 2.05. The number of primary amides is 1. The van der Waals surface area contributed by atoms with Crippen LogP contribution in [0, 0.1) is 0 Å². The van der Waals surface area contributed by atoms with Crippen LogP contribution in [0.3, 0.4) is 0 Å². The molecule has 6 heteroatoms. The molecule has 0 spiro atoms. The van der Waals surface area contributed by atoms with Gasteiger partial charge in [-0.25, -0.2) is 9.78 Å². The fraction of sp³-hybridized carbons (Fsp3) is 0.0714. The highest BCUT2D eigenvalue weighted by molar-refractivity contribution is 5.92. The molecule has 3 rings (SSSR count). The van der Waals surface area contributed by atoms with Gasteiger partial charge in [0.2, 0.25) is 5.91 Å². The molecule has 2 N–H and O–H groups in total. The van der Waals surface area contributed by atoms with E-state index in [2.05, 4.69) is 4.98 Å². The first-order valence-corrected chi connectivity index (χ1v) is 5.98. The predicted octanol–water partition coefficient (Wildman–Crippen LogP) is 1.14. The topological polar surface area (TPSA) is 91.1 Å². The number of nitrogens with two attached hydrogens (primary N) is 1. The molecule has 2 aromatic heterocycles. The van der Waals surface area contributed by atoms with Crippen molar-refractivity contribution < 1.29 is 9.21 Å². The van der Waals surface area contributed by atoms with Gasteiger partial charge in [0.15, 0.2) is 11.2 Å². The molecule has 3 aromatic rings. The molecule has 100 valence electrons. The summed E-state index contributed by atoms with van der Waals surface area (Å²) in [4.78, 5) is 27.1. The number of nitrogens with zero attached hydrogens (tertiary/aromatic N) is 2. The van der Waals surface area contributed by atoms with E-state index < -0.39 is 11.7 Å². The molecule has 0 aliphatic heterocycles. The Balaban J connectivity index is 2.05. The summed E-state index contributed by atoms with van der Waals surface area (Å²) < 4.78 is 6.51. The number of fused-ring (bicyclic) bond motifs is 1. The summed E-state index contributed by atoms with van der Waals surface area (Å²) in [5.74, 6) is -0.988. The summed E-state index contributed by atoms with van der Waals surface area (Å²) in [6.45, 7) is 0.268. The molecule has 0 aliphatic carbocycles. The number of pyridine rings is 1. The number of oxazole rings is 1. The highest BCUT2D eigenvalue weighted by Crippen LogP contribution is 2.12. The number of hydrogen-bond donors (Lipinski definition) is 1. The lowest BCUT2D eigenvalue weighted by atomic mass is 10.1. The molecule has 0 saturated heterocycles. The van der Waals surface area contributed by atoms with Crippen LogP contribution in [0.25, 0.3) is 11.2 Å². The van der Waals surface area contributed by atoms with E-state index in [0.29, 0.717) is 16.8 Å². The molecule has 1 amide bonds. The van der Waals surface area contributed by atoms with Crippen molar-refractivity contribution in [1.29, 1.82) is 0 Å². The predicted molar refractivity (Wildman–Crippen MR) is 72.3 cm³/mol. The van der Waals surface area contributed by atoms with Crippen molar-refractivity contribution in [3.05, 3.63) is 64.3 Å². The van der Waals surface area contributed by atoms with Gasteiger partial charge >= 0.3 is 5.76 Å². The van der Waals surface area contributed by atoms with E-state index in [1.54, 1.807) is 42.6 Å². The van der Waals surface area contributed by atoms with E-state index >= 15 is 0 Å². The molecular weight excluding hydrogens is 258 g/mol. The number of hydrogen-bond acceptors (Lipinski definition) is 4. The van der Waals surface area contributed by atoms with Crippen LogP contribution in [-0.2, 0) is 6.54 Å². The van der Waals surface area contributed by atoms with E-state index in [-0.39, 0.29) is 6.54 Å². The fourth-order valence-electron chi connectivity index (χ4n) is 2.05. The van der Waals surface area contributed by atoms with Crippen LogP contribution < -0.4 is 11.5 Å². The van der Waals surface area contributed by atoms with E-state index in [0.717, 1.165) is 5.56 Å². The molecule has 0 bridgehead atoms. The number of carbonyl (C=O) groups is 1. The van der Waals surface area contributed by atoms with Gasteiger partial charge in [0.25, 0.3) is 0 Å². The monoisotopic (exact) mass is 269 g/mol. The van der Waals surface area contributed by atoms with E-state index in [4.69, 9.17) is 10.2 Å². The van der Waals surface area contributed by atoms with Crippen LogP contribution in [0.2, 0.25) is 0 Å². The van der Waals surface area contributed by atoms with Crippen molar-refractivity contribution in [3.63, 3.8) is 0 Å². The van der Waals surface area contributed by atoms with Gasteiger partial charge < -0.3 is 10.2 Å². The highest BCUT2D eigenvalue weighted by Gasteiger charge is 2.11. The number of aromatic nitrogens is 2. The Morgan fingerprint density at radius 2 is 2.15 bits per heavy atom. The number of rotatable bonds is 3. The zero-order valence-corrected chi connectivity index (χ0v) is 10.4. The third-order valence-corrected chi connectivity index (χ3v) is 2.98. The second-order valence-electron chi connectivity index (χ2n) is 4.34. The lowest BCUT2D eigenvalue weighted by molar-refractivity contribution is 0.1000. The second kappa shape index (κ2) is 4.65. The van der Waals surface area contributed by atoms with Crippen LogP contribution in [0.1, 0.15) is 15.9 Å². The minimum Gasteiger partial charge on any atom is -0.406 e. The van der Waals surface area contributed by atoms with Crippen molar-refractivity contribution in [2.45, 2.75) is 6.54 Å². The first kappa shape index (κ1) is 12.2. The van der Waals surface area contributed by atoms with Gasteiger partial charge in [-0.2, -0.15) is 0 Å². The molecule has 0 fully saturated rings. The molecule has 0 unspecified atom stereocenters. The van der Waals surface area contributed by atoms with E-state index in [1.165, 1.54) is 4.57 Å². The van der Waals surface area contributed by atoms with Gasteiger partial charge in [-0.1, -0.05) is 12.1 Å². The van der Waals surface area contributed by atoms with Crippen LogP contribution in [0.5, 0.6) is 0 Å². The van der Waals surface area contributed by atoms with Crippen molar-refractivity contribution in [1.82, 2.24) is 9.55 Å². The summed E-state index contributed by atoms with van der Waals surface area (Å²) in [6.07, 6.45) is 1.59. The zero-order chi connectivity index (χ0) is 14.1. The lowest BCUT2D eigenvalue weighted by Crippen LogP contribution is -2.16. The molecule has 0 radical (unpaired) electrons. The molecule has 0 saturated carbocycles. The second-order valence-corrected chi connectivity index (χ2v) is 4.34. The number of carbonyl (C=O) groups excluding carboxylic acids is 1. The zero-order valence-electron chi connectivity index (χ0n) is 10.4. The van der Waals surface area contributed by atoms with Gasteiger partial charge in [0, 0.05) is 11.8 Å². The summed E-state index contributed by atoms with van der Waals surface area (Å²) >= 11 is 0. The van der Waals surface area contributed by atoms with Crippen molar-refractivity contribution >= 4 is 17.1 Å². The summed E-state index contributed by atoms with van der Waals surface area (Å²) in [7, 11) is 0. The number of amides is 1. The highest BCUT2D eigenvalue weighted by atomic mass is 16.4. The number of benzene rings is 1. The molecule has 6 nitrogen and oxygen atoms in total. The van der Waals surface area contributed by atoms with Gasteiger partial charge in [-0.15, -0.1) is 0 Å². The maximum atomic E-state index is 11.8. The van der Waals surface area contributed by atoms with Gasteiger partial charge in [-0.05, 0) is 29.8 Å². The summed E-state index contributed by atoms with van der Waals surface area (Å²) in [6, 6.07) is 10.2. The van der Waals surface area contributed by atoms with Gasteiger partial charge in [0.1, 0.15) is 0 Å². The Labute approximate surface area is 113 Å². The van der Waals surface area contributed by atoms with Crippen LogP contribution in [-0.4, -0.2) is 15.5 Å². The maximum Gasteiger partial charge on any atom is 0.421 e. The minimum absolute atomic E-state index is 0.268. The summed E-state index contributed by atoms with van der Waals surface area (Å²) in [5.41, 5.74) is 7.32. The standard InChI is InChI=1S/C14H11N3O3/c15-12(18)10-4-1-3-9(7-10)8-17-13-11(20-14(17)19)5-2-6-16-13/h1-7H,8H2,(H2,15,18). The SMILES string of the molecule is NC(=O)c1cccc(Cn2c(=O)oc3cccnc32)c1. The van der Waals surface area contributed by atoms with E-state index in [9.17, 15) is 9.59 Å². The quantitative estimate of drug-likeness (QED) is 0.771. The molecule has 0 atom stereocenters. The Kier molecular flexibility index (Phi) is 2.83. The van der Waals surface area contributed by atoms with Crippen LogP contribution >= 0.6 is 0 Å². The van der Waals surface area contributed by atoms with Crippen molar-refractivity contribution in [2.24, 2.45) is 5.73 Å². The maximum absolute atomic E-state index is 11.8. The Morgan fingerprint density at radius 3 is 2.95 bits per heavy atom. The van der Waals surface area contributed by atoms with E-state index in [1.807, 2.05) is 0 Å². The van der Waals surface area contributed by atoms with Crippen LogP contribution in [0.4, 0.5) is 0 Å². The van der Waals surface area contributed by atoms with Crippen molar-refractivity contribution in [2.75, 3.05) is 0 Å². The third kappa shape index (κ3) is 2.07. The first-order chi connectivity index (χ1) is 9.65. The van der Waals surface area contributed by atoms with Crippen molar-refractivity contribution in [3.8, 4) is 0 Å². The van der Waals surface area contributed by atoms with Gasteiger partial charge in [0.05, 0.1) is 6.54 Å². The third-order valence-electron chi connectivity index (χ3n) is 2.98. The Hall–Kier alpha value is -2.89. The van der Waals surface area contributed by atoms with Crippen LogP contribution in [0.15, 0.2) is 51.8 Å². The normalized spacial score (nSPS) is 10.8. The largest absolute Gasteiger partial charge is 0.421 e. The van der Waals surface area contributed by atoms with Gasteiger partial charge in [-0.3, -0.25) is 9.36 Å². The lowest BCUT2D eigenvalue weighted by Gasteiger charge is -2.03. The molecule has 2 heterocycles. The molecule has 0 aliphatic rings. The molecular formula is C14H11N3O3. The minimum atomic E-state index is -0.505.